The van der Waals surface area contributed by atoms with Crippen molar-refractivity contribution in [1.29, 1.82) is 0 Å². The highest BCUT2D eigenvalue weighted by atomic mass is 16.5. The van der Waals surface area contributed by atoms with Crippen molar-refractivity contribution in [3.8, 4) is 0 Å². The lowest BCUT2D eigenvalue weighted by Gasteiger charge is -2.20. The van der Waals surface area contributed by atoms with Crippen molar-refractivity contribution in [2.75, 3.05) is 26.8 Å². The first kappa shape index (κ1) is 17.2. The van der Waals surface area contributed by atoms with Crippen LogP contribution >= 0.6 is 0 Å². The smallest absolute Gasteiger partial charge is 0.222 e. The third-order valence-corrected chi connectivity index (χ3v) is 3.23. The van der Waals surface area contributed by atoms with Gasteiger partial charge in [0.15, 0.2) is 0 Å². The summed E-state index contributed by atoms with van der Waals surface area (Å²) in [6, 6.07) is 8.03. The zero-order valence-electron chi connectivity index (χ0n) is 13.0. The molecule has 2 amide bonds. The number of carbonyl (C=O) groups excluding carboxylic acids is 2. The Kier molecular flexibility index (Phi) is 7.46. The normalized spacial score (nSPS) is 10.2. The van der Waals surface area contributed by atoms with Crippen LogP contribution in [-0.4, -0.2) is 43.5 Å². The number of ether oxygens (including phenoxy) is 1. The Bertz CT molecular complexity index is 457. The second-order valence-corrected chi connectivity index (χ2v) is 5.01. The van der Waals surface area contributed by atoms with Gasteiger partial charge in [-0.3, -0.25) is 9.59 Å². The van der Waals surface area contributed by atoms with Crippen LogP contribution in [-0.2, 0) is 20.9 Å². The molecule has 5 nitrogen and oxygen atoms in total. The fourth-order valence-electron chi connectivity index (χ4n) is 1.86. The van der Waals surface area contributed by atoms with Crippen molar-refractivity contribution in [3.05, 3.63) is 35.4 Å². The van der Waals surface area contributed by atoms with Crippen LogP contribution in [0.5, 0.6) is 0 Å². The highest BCUT2D eigenvalue weighted by molar-refractivity contribution is 5.78. The second kappa shape index (κ2) is 9.13. The van der Waals surface area contributed by atoms with E-state index in [0.717, 1.165) is 5.56 Å². The summed E-state index contributed by atoms with van der Waals surface area (Å²) in [5, 5.41) is 2.86. The summed E-state index contributed by atoms with van der Waals surface area (Å²) in [5.41, 5.74) is 2.26. The minimum atomic E-state index is -0.0563. The molecular formula is C16H24N2O3. The van der Waals surface area contributed by atoms with Crippen molar-refractivity contribution < 1.29 is 14.3 Å². The van der Waals surface area contributed by atoms with Gasteiger partial charge in [-0.1, -0.05) is 29.8 Å². The molecule has 0 bridgehead atoms. The molecule has 0 spiro atoms. The monoisotopic (exact) mass is 292 g/mol. The molecule has 0 saturated heterocycles. The minimum absolute atomic E-state index is 0.0432. The largest absolute Gasteiger partial charge is 0.383 e. The summed E-state index contributed by atoms with van der Waals surface area (Å²) in [7, 11) is 1.59. The number of nitrogens with zero attached hydrogens (tertiary/aromatic N) is 1. The number of nitrogens with one attached hydrogen (secondary N) is 1. The fraction of sp³-hybridized carbons (Fsp3) is 0.500. The van der Waals surface area contributed by atoms with Gasteiger partial charge in [0.05, 0.1) is 6.61 Å². The fourth-order valence-corrected chi connectivity index (χ4v) is 1.86. The van der Waals surface area contributed by atoms with Crippen molar-refractivity contribution in [3.63, 3.8) is 0 Å². The molecule has 0 atom stereocenters. The van der Waals surface area contributed by atoms with Crippen LogP contribution in [0.3, 0.4) is 0 Å². The minimum Gasteiger partial charge on any atom is -0.383 e. The van der Waals surface area contributed by atoms with E-state index in [0.29, 0.717) is 32.7 Å². The Balaban J connectivity index is 2.32. The quantitative estimate of drug-likeness (QED) is 0.790. The molecule has 1 aromatic carbocycles. The lowest BCUT2D eigenvalue weighted by molar-refractivity contribution is -0.130. The average molecular weight is 292 g/mol. The van der Waals surface area contributed by atoms with Crippen LogP contribution in [0.15, 0.2) is 24.3 Å². The number of hydrogen-bond donors (Lipinski definition) is 1. The Morgan fingerprint density at radius 3 is 2.43 bits per heavy atom. The third kappa shape index (κ3) is 6.90. The summed E-state index contributed by atoms with van der Waals surface area (Å²) >= 11 is 0. The molecule has 0 aliphatic heterocycles. The maximum absolute atomic E-state index is 11.8. The molecule has 0 fully saturated rings. The molecule has 1 aromatic rings. The van der Waals surface area contributed by atoms with E-state index in [1.165, 1.54) is 12.5 Å². The highest BCUT2D eigenvalue weighted by Gasteiger charge is 2.10. The Labute approximate surface area is 126 Å². The summed E-state index contributed by atoms with van der Waals surface area (Å²) in [6.45, 7) is 5.44. The van der Waals surface area contributed by atoms with E-state index in [-0.39, 0.29) is 11.8 Å². The van der Waals surface area contributed by atoms with Gasteiger partial charge in [-0.2, -0.15) is 0 Å². The van der Waals surface area contributed by atoms with E-state index in [4.69, 9.17) is 4.74 Å². The molecule has 0 unspecified atom stereocenters. The van der Waals surface area contributed by atoms with E-state index in [2.05, 4.69) is 5.32 Å². The molecule has 0 aromatic heterocycles. The predicted molar refractivity (Wildman–Crippen MR) is 81.8 cm³/mol. The van der Waals surface area contributed by atoms with Crippen molar-refractivity contribution in [2.45, 2.75) is 26.8 Å². The SMILES string of the molecule is COCCN(CCC(=O)NCc1ccc(C)cc1)C(C)=O. The Morgan fingerprint density at radius 1 is 1.19 bits per heavy atom. The summed E-state index contributed by atoms with van der Waals surface area (Å²) in [4.78, 5) is 24.8. The number of methoxy groups -OCH3 is 1. The van der Waals surface area contributed by atoms with E-state index in [1.807, 2.05) is 31.2 Å². The molecular weight excluding hydrogens is 268 g/mol. The van der Waals surface area contributed by atoms with Crippen LogP contribution < -0.4 is 5.32 Å². The topological polar surface area (TPSA) is 58.6 Å². The first-order valence-corrected chi connectivity index (χ1v) is 7.09. The third-order valence-electron chi connectivity index (χ3n) is 3.23. The molecule has 1 N–H and O–H groups in total. The van der Waals surface area contributed by atoms with Crippen LogP contribution in [0, 0.1) is 6.92 Å². The zero-order valence-corrected chi connectivity index (χ0v) is 13.0. The summed E-state index contributed by atoms with van der Waals surface area (Å²) in [6.07, 6.45) is 0.301. The van der Waals surface area contributed by atoms with Crippen LogP contribution in [0.1, 0.15) is 24.5 Å². The van der Waals surface area contributed by atoms with Crippen LogP contribution in [0.25, 0.3) is 0 Å². The van der Waals surface area contributed by atoms with Gasteiger partial charge in [-0.05, 0) is 12.5 Å². The Morgan fingerprint density at radius 2 is 1.86 bits per heavy atom. The van der Waals surface area contributed by atoms with E-state index >= 15 is 0 Å². The first-order chi connectivity index (χ1) is 10.0. The summed E-state index contributed by atoms with van der Waals surface area (Å²) in [5.74, 6) is -0.0994. The molecule has 0 aliphatic rings. The van der Waals surface area contributed by atoms with Gasteiger partial charge in [0.25, 0.3) is 0 Å². The maximum Gasteiger partial charge on any atom is 0.222 e. The molecule has 0 saturated carbocycles. The van der Waals surface area contributed by atoms with E-state index < -0.39 is 0 Å². The van der Waals surface area contributed by atoms with Gasteiger partial charge >= 0.3 is 0 Å². The first-order valence-electron chi connectivity index (χ1n) is 7.09. The van der Waals surface area contributed by atoms with Crippen molar-refractivity contribution in [2.24, 2.45) is 0 Å². The van der Waals surface area contributed by atoms with Gasteiger partial charge in [0.2, 0.25) is 11.8 Å². The zero-order chi connectivity index (χ0) is 15.7. The van der Waals surface area contributed by atoms with Gasteiger partial charge in [0.1, 0.15) is 0 Å². The van der Waals surface area contributed by atoms with E-state index in [9.17, 15) is 9.59 Å². The summed E-state index contributed by atoms with van der Waals surface area (Å²) < 4.78 is 4.95. The molecule has 116 valence electrons. The average Bonchev–Trinajstić information content (AvgIpc) is 2.46. The standard InChI is InChI=1S/C16H24N2O3/c1-13-4-6-15(7-5-13)12-17-16(20)8-9-18(14(2)19)10-11-21-3/h4-7H,8-12H2,1-3H3,(H,17,20). The molecule has 5 heteroatoms. The van der Waals surface area contributed by atoms with E-state index in [1.54, 1.807) is 12.0 Å². The lowest BCUT2D eigenvalue weighted by Crippen LogP contribution is -2.35. The molecule has 1 rings (SSSR count). The second-order valence-electron chi connectivity index (χ2n) is 5.01. The van der Waals surface area contributed by atoms with Gasteiger partial charge in [-0.25, -0.2) is 0 Å². The highest BCUT2D eigenvalue weighted by Crippen LogP contribution is 2.02. The number of benzene rings is 1. The molecule has 21 heavy (non-hydrogen) atoms. The van der Waals surface area contributed by atoms with Gasteiger partial charge in [-0.15, -0.1) is 0 Å². The predicted octanol–water partition coefficient (Wildman–Crippen LogP) is 1.50. The molecule has 0 aliphatic carbocycles. The number of hydrogen-bond acceptors (Lipinski definition) is 3. The molecule has 0 heterocycles. The number of carbonyl (C=O) groups is 2. The van der Waals surface area contributed by atoms with Crippen LogP contribution in [0.4, 0.5) is 0 Å². The molecule has 0 radical (unpaired) electrons. The van der Waals surface area contributed by atoms with Crippen molar-refractivity contribution >= 4 is 11.8 Å². The van der Waals surface area contributed by atoms with Crippen molar-refractivity contribution in [1.82, 2.24) is 10.2 Å². The number of aryl methyl sites for hydroxylation is 1. The van der Waals surface area contributed by atoms with Gasteiger partial charge in [0, 0.05) is 40.1 Å². The van der Waals surface area contributed by atoms with Gasteiger partial charge < -0.3 is 15.0 Å². The number of rotatable bonds is 8. The van der Waals surface area contributed by atoms with Crippen LogP contribution in [0.2, 0.25) is 0 Å². The maximum atomic E-state index is 11.8. The Hall–Kier alpha value is -1.88. The lowest BCUT2D eigenvalue weighted by atomic mass is 10.1. The number of amides is 2.